The van der Waals surface area contributed by atoms with Crippen molar-refractivity contribution in [2.24, 2.45) is 0 Å². The van der Waals surface area contributed by atoms with Gasteiger partial charge >= 0.3 is 0 Å². The Morgan fingerprint density at radius 3 is 2.90 bits per heavy atom. The molecule has 0 spiro atoms. The van der Waals surface area contributed by atoms with Crippen LogP contribution >= 0.6 is 34.2 Å². The first kappa shape index (κ1) is 15.1. The van der Waals surface area contributed by atoms with Crippen molar-refractivity contribution in [1.29, 1.82) is 0 Å². The second-order valence-corrected chi connectivity index (χ2v) is 9.11. The summed E-state index contributed by atoms with van der Waals surface area (Å²) < 4.78 is 27.2. The maximum absolute atomic E-state index is 13.1. The highest BCUT2D eigenvalue weighted by atomic mass is 127. The van der Waals surface area contributed by atoms with Gasteiger partial charge < -0.3 is 0 Å². The van der Waals surface area contributed by atoms with Gasteiger partial charge in [0, 0.05) is 29.2 Å². The third-order valence-corrected chi connectivity index (χ3v) is 7.38. The van der Waals surface area contributed by atoms with Crippen LogP contribution < -0.4 is 0 Å². The summed E-state index contributed by atoms with van der Waals surface area (Å²) in [5, 5.41) is 1.10. The first-order valence-electron chi connectivity index (χ1n) is 6.26. The molecule has 0 amide bonds. The van der Waals surface area contributed by atoms with E-state index in [1.807, 2.05) is 12.1 Å². The lowest BCUT2D eigenvalue weighted by molar-refractivity contribution is 0.551. The van der Waals surface area contributed by atoms with Gasteiger partial charge in [-0.15, -0.1) is 0 Å². The van der Waals surface area contributed by atoms with Crippen LogP contribution in [-0.2, 0) is 10.0 Å². The van der Waals surface area contributed by atoms with E-state index in [-0.39, 0.29) is 0 Å². The largest absolute Gasteiger partial charge is 0.251 e. The van der Waals surface area contributed by atoms with Crippen molar-refractivity contribution in [3.63, 3.8) is 0 Å². The van der Waals surface area contributed by atoms with Gasteiger partial charge in [-0.3, -0.25) is 0 Å². The summed E-state index contributed by atoms with van der Waals surface area (Å²) in [7, 11) is -3.72. The SMILES string of the molecule is CC1(S(=O)(=O)n2ccc3cccnc32)CC(I)=CC=C1Cl. The zero-order valence-electron chi connectivity index (χ0n) is 11.1. The predicted molar refractivity (Wildman–Crippen MR) is 93.1 cm³/mol. The topological polar surface area (TPSA) is 52.0 Å². The fraction of sp³-hybridized carbons (Fsp3) is 0.214. The van der Waals surface area contributed by atoms with Crippen molar-refractivity contribution in [1.82, 2.24) is 8.96 Å². The fourth-order valence-electron chi connectivity index (χ4n) is 2.37. The normalized spacial score (nSPS) is 23.0. The van der Waals surface area contributed by atoms with Crippen LogP contribution in [-0.4, -0.2) is 22.1 Å². The molecule has 3 rings (SSSR count). The molecule has 2 heterocycles. The second-order valence-electron chi connectivity index (χ2n) is 5.07. The first-order chi connectivity index (χ1) is 9.86. The van der Waals surface area contributed by atoms with Gasteiger partial charge in [0.1, 0.15) is 4.75 Å². The van der Waals surface area contributed by atoms with Crippen molar-refractivity contribution in [2.75, 3.05) is 0 Å². The van der Waals surface area contributed by atoms with Gasteiger partial charge in [0.15, 0.2) is 5.65 Å². The molecule has 2 aromatic rings. The molecule has 4 nitrogen and oxygen atoms in total. The fourth-order valence-corrected chi connectivity index (χ4v) is 5.68. The van der Waals surface area contributed by atoms with Crippen molar-refractivity contribution in [3.8, 4) is 0 Å². The summed E-state index contributed by atoms with van der Waals surface area (Å²) in [6.45, 7) is 1.65. The molecule has 0 N–H and O–H groups in total. The minimum Gasteiger partial charge on any atom is -0.237 e. The molecule has 0 saturated carbocycles. The number of hydrogen-bond acceptors (Lipinski definition) is 3. The Bertz CT molecular complexity index is 885. The van der Waals surface area contributed by atoms with E-state index in [4.69, 9.17) is 11.6 Å². The lowest BCUT2D eigenvalue weighted by Gasteiger charge is -2.31. The average molecular weight is 435 g/mol. The lowest BCUT2D eigenvalue weighted by Crippen LogP contribution is -2.40. The van der Waals surface area contributed by atoms with E-state index in [1.54, 1.807) is 31.3 Å². The standard InChI is InChI=1S/C14H12ClIN2O2S/c1-14(9-11(16)4-5-12(14)15)21(19,20)18-8-6-10-3-2-7-17-13(10)18/h2-8H,9H2,1H3. The van der Waals surface area contributed by atoms with Gasteiger partial charge in [0.25, 0.3) is 10.0 Å². The van der Waals surface area contributed by atoms with Crippen molar-refractivity contribution < 1.29 is 8.42 Å². The van der Waals surface area contributed by atoms with Gasteiger partial charge in [0.05, 0.1) is 0 Å². The van der Waals surface area contributed by atoms with Crippen LogP contribution in [0.5, 0.6) is 0 Å². The van der Waals surface area contributed by atoms with Crippen LogP contribution in [0.4, 0.5) is 0 Å². The molecule has 0 fully saturated rings. The van der Waals surface area contributed by atoms with E-state index in [9.17, 15) is 8.42 Å². The molecule has 2 aromatic heterocycles. The van der Waals surface area contributed by atoms with Crippen molar-refractivity contribution in [3.05, 3.63) is 51.4 Å². The van der Waals surface area contributed by atoms with Crippen LogP contribution in [0.3, 0.4) is 0 Å². The van der Waals surface area contributed by atoms with Gasteiger partial charge in [0.2, 0.25) is 0 Å². The molecule has 1 aliphatic rings. The van der Waals surface area contributed by atoms with Gasteiger partial charge in [-0.1, -0.05) is 17.7 Å². The molecule has 21 heavy (non-hydrogen) atoms. The summed E-state index contributed by atoms with van der Waals surface area (Å²) in [5.74, 6) is 0. The molecule has 0 saturated heterocycles. The van der Waals surface area contributed by atoms with E-state index >= 15 is 0 Å². The molecule has 0 bridgehead atoms. The van der Waals surface area contributed by atoms with Crippen LogP contribution in [0.15, 0.2) is 51.4 Å². The number of rotatable bonds is 2. The van der Waals surface area contributed by atoms with E-state index in [0.29, 0.717) is 17.1 Å². The Morgan fingerprint density at radius 2 is 2.14 bits per heavy atom. The van der Waals surface area contributed by atoms with Crippen molar-refractivity contribution in [2.45, 2.75) is 18.1 Å². The van der Waals surface area contributed by atoms with Crippen molar-refractivity contribution >= 4 is 55.2 Å². The van der Waals surface area contributed by atoms with Gasteiger partial charge in [-0.05, 0) is 57.4 Å². The Balaban J connectivity index is 2.22. The lowest BCUT2D eigenvalue weighted by atomic mass is 10.0. The number of fused-ring (bicyclic) bond motifs is 1. The Kier molecular flexibility index (Phi) is 3.66. The van der Waals surface area contributed by atoms with E-state index in [1.165, 1.54) is 10.2 Å². The minimum absolute atomic E-state index is 0.320. The maximum Gasteiger partial charge on any atom is 0.251 e. The Morgan fingerprint density at radius 1 is 1.38 bits per heavy atom. The third kappa shape index (κ3) is 2.24. The molecule has 1 atom stereocenters. The highest BCUT2D eigenvalue weighted by molar-refractivity contribution is 14.1. The molecule has 0 aromatic carbocycles. The first-order valence-corrected chi connectivity index (χ1v) is 9.15. The smallest absolute Gasteiger partial charge is 0.237 e. The molecular formula is C14H12ClIN2O2S. The predicted octanol–water partition coefficient (Wildman–Crippen LogP) is 3.82. The molecule has 0 radical (unpaired) electrons. The number of allylic oxidation sites excluding steroid dienone is 3. The third-order valence-electron chi connectivity index (χ3n) is 3.67. The zero-order valence-corrected chi connectivity index (χ0v) is 14.9. The zero-order chi connectivity index (χ0) is 15.3. The van der Waals surface area contributed by atoms with Crippen LogP contribution in [0.1, 0.15) is 13.3 Å². The summed E-state index contributed by atoms with van der Waals surface area (Å²) in [4.78, 5) is 4.18. The summed E-state index contributed by atoms with van der Waals surface area (Å²) in [5.41, 5.74) is 0.424. The number of nitrogens with zero attached hydrogens (tertiary/aromatic N) is 2. The highest BCUT2D eigenvalue weighted by Crippen LogP contribution is 2.41. The molecule has 1 unspecified atom stereocenters. The molecule has 110 valence electrons. The average Bonchev–Trinajstić information content (AvgIpc) is 2.87. The number of aromatic nitrogens is 2. The maximum atomic E-state index is 13.1. The molecule has 1 aliphatic carbocycles. The second kappa shape index (κ2) is 5.10. The Labute approximate surface area is 141 Å². The molecule has 7 heteroatoms. The summed E-state index contributed by atoms with van der Waals surface area (Å²) >= 11 is 8.38. The number of hydrogen-bond donors (Lipinski definition) is 0. The monoisotopic (exact) mass is 434 g/mol. The Hall–Kier alpha value is -0.860. The highest BCUT2D eigenvalue weighted by Gasteiger charge is 2.45. The van der Waals surface area contributed by atoms with E-state index in [0.717, 1.165) is 8.97 Å². The molecular weight excluding hydrogens is 423 g/mol. The summed E-state index contributed by atoms with van der Waals surface area (Å²) in [6, 6.07) is 5.35. The minimum atomic E-state index is -3.72. The molecule has 0 aliphatic heterocycles. The number of pyridine rings is 1. The van der Waals surface area contributed by atoms with Gasteiger partial charge in [-0.25, -0.2) is 17.4 Å². The quantitative estimate of drug-likeness (QED) is 0.675. The van der Waals surface area contributed by atoms with Crippen LogP contribution in [0.25, 0.3) is 11.0 Å². The van der Waals surface area contributed by atoms with Crippen LogP contribution in [0, 0.1) is 0 Å². The number of halogens is 2. The van der Waals surface area contributed by atoms with Crippen LogP contribution in [0.2, 0.25) is 0 Å². The van der Waals surface area contributed by atoms with E-state index in [2.05, 4.69) is 27.6 Å². The van der Waals surface area contributed by atoms with E-state index < -0.39 is 14.8 Å². The summed E-state index contributed by atoms with van der Waals surface area (Å²) in [6.07, 6.45) is 6.97. The van der Waals surface area contributed by atoms with Gasteiger partial charge in [-0.2, -0.15) is 0 Å².